The first kappa shape index (κ1) is 22.2. The van der Waals surface area contributed by atoms with E-state index in [0.717, 1.165) is 43.0 Å². The Bertz CT molecular complexity index is 823. The number of methoxy groups -OCH3 is 2. The fourth-order valence-electron chi connectivity index (χ4n) is 4.58. The Labute approximate surface area is 179 Å². The van der Waals surface area contributed by atoms with Gasteiger partial charge in [0, 0.05) is 12.6 Å². The molecule has 0 spiro atoms. The predicted molar refractivity (Wildman–Crippen MR) is 118 cm³/mol. The number of esters is 1. The zero-order valence-corrected chi connectivity index (χ0v) is 18.5. The molecule has 0 amide bonds. The molecule has 1 fully saturated rings. The van der Waals surface area contributed by atoms with Gasteiger partial charge in [0.05, 0.1) is 26.7 Å². The van der Waals surface area contributed by atoms with E-state index in [9.17, 15) is 4.79 Å². The summed E-state index contributed by atoms with van der Waals surface area (Å²) in [6.07, 6.45) is 1.77. The maximum Gasteiger partial charge on any atom is 0.311 e. The van der Waals surface area contributed by atoms with Gasteiger partial charge in [0.1, 0.15) is 11.5 Å². The van der Waals surface area contributed by atoms with Crippen molar-refractivity contribution in [2.24, 2.45) is 5.92 Å². The number of carbonyl (C=O) groups excluding carboxylic acids is 1. The molecule has 0 saturated carbocycles. The number of carbonyl (C=O) groups is 1. The first-order chi connectivity index (χ1) is 14.6. The number of rotatable bonds is 8. The van der Waals surface area contributed by atoms with E-state index in [4.69, 9.17) is 14.2 Å². The lowest BCUT2D eigenvalue weighted by Gasteiger charge is -2.43. The van der Waals surface area contributed by atoms with Gasteiger partial charge < -0.3 is 14.2 Å². The second-order valence-electron chi connectivity index (χ2n) is 7.79. The van der Waals surface area contributed by atoms with Crippen molar-refractivity contribution >= 4 is 5.97 Å². The molecule has 30 heavy (non-hydrogen) atoms. The second-order valence-corrected chi connectivity index (χ2v) is 7.79. The molecule has 0 aliphatic carbocycles. The number of benzene rings is 2. The van der Waals surface area contributed by atoms with E-state index in [-0.39, 0.29) is 23.8 Å². The van der Waals surface area contributed by atoms with Crippen molar-refractivity contribution in [1.82, 2.24) is 4.90 Å². The summed E-state index contributed by atoms with van der Waals surface area (Å²) in [6.45, 7) is 6.23. The summed E-state index contributed by atoms with van der Waals surface area (Å²) in [6, 6.07) is 16.3. The summed E-state index contributed by atoms with van der Waals surface area (Å²) in [7, 11) is 3.36. The van der Waals surface area contributed by atoms with Crippen molar-refractivity contribution in [3.05, 3.63) is 59.7 Å². The van der Waals surface area contributed by atoms with E-state index in [2.05, 4.69) is 24.0 Å². The molecule has 3 atom stereocenters. The Balaban J connectivity index is 1.77. The first-order valence-electron chi connectivity index (χ1n) is 10.8. The van der Waals surface area contributed by atoms with Crippen LogP contribution < -0.4 is 9.47 Å². The number of piperidine rings is 1. The van der Waals surface area contributed by atoms with E-state index in [1.807, 2.05) is 43.3 Å². The molecule has 2 aromatic rings. The molecule has 5 nitrogen and oxygen atoms in total. The van der Waals surface area contributed by atoms with Gasteiger partial charge in [-0.3, -0.25) is 9.69 Å². The normalized spacial score (nSPS) is 21.8. The first-order valence-corrected chi connectivity index (χ1v) is 10.8. The summed E-state index contributed by atoms with van der Waals surface area (Å²) >= 11 is 0. The minimum absolute atomic E-state index is 0.0949. The predicted octanol–water partition coefficient (Wildman–Crippen LogP) is 4.30. The number of ether oxygens (including phenoxy) is 3. The van der Waals surface area contributed by atoms with Crippen molar-refractivity contribution in [2.45, 2.75) is 38.6 Å². The molecule has 1 aliphatic rings. The Kier molecular flexibility index (Phi) is 7.75. The minimum Gasteiger partial charge on any atom is -0.497 e. The fourth-order valence-corrected chi connectivity index (χ4v) is 4.58. The maximum atomic E-state index is 12.9. The van der Waals surface area contributed by atoms with E-state index >= 15 is 0 Å². The zero-order valence-electron chi connectivity index (χ0n) is 18.5. The van der Waals surface area contributed by atoms with E-state index in [1.165, 1.54) is 5.56 Å². The molecule has 5 heteroatoms. The molecule has 2 aromatic carbocycles. The third-order valence-electron chi connectivity index (χ3n) is 6.20. The summed E-state index contributed by atoms with van der Waals surface area (Å²) in [5, 5.41) is 0. The van der Waals surface area contributed by atoms with Gasteiger partial charge in [-0.2, -0.15) is 0 Å². The average Bonchev–Trinajstić information content (AvgIpc) is 2.78. The highest BCUT2D eigenvalue weighted by Gasteiger charge is 2.41. The van der Waals surface area contributed by atoms with Crippen LogP contribution in [0.2, 0.25) is 0 Å². The van der Waals surface area contributed by atoms with E-state index in [0.29, 0.717) is 6.61 Å². The molecular formula is C25H33NO4. The Hall–Kier alpha value is -2.53. The molecule has 3 rings (SSSR count). The van der Waals surface area contributed by atoms with Crippen LogP contribution in [-0.2, 0) is 16.0 Å². The Morgan fingerprint density at radius 3 is 2.53 bits per heavy atom. The van der Waals surface area contributed by atoms with Gasteiger partial charge in [0.25, 0.3) is 0 Å². The molecule has 0 unspecified atom stereocenters. The highest BCUT2D eigenvalue weighted by Crippen LogP contribution is 2.38. The van der Waals surface area contributed by atoms with Gasteiger partial charge in [-0.1, -0.05) is 30.3 Å². The van der Waals surface area contributed by atoms with Crippen LogP contribution in [0.4, 0.5) is 0 Å². The monoisotopic (exact) mass is 411 g/mol. The van der Waals surface area contributed by atoms with Gasteiger partial charge in [-0.25, -0.2) is 0 Å². The summed E-state index contributed by atoms with van der Waals surface area (Å²) in [4.78, 5) is 15.3. The van der Waals surface area contributed by atoms with Crippen LogP contribution in [0.15, 0.2) is 48.5 Å². The smallest absolute Gasteiger partial charge is 0.311 e. The zero-order chi connectivity index (χ0) is 21.5. The van der Waals surface area contributed by atoms with Crippen molar-refractivity contribution < 1.29 is 19.0 Å². The number of hydrogen-bond donors (Lipinski definition) is 0. The molecule has 162 valence electrons. The highest BCUT2D eigenvalue weighted by molar-refractivity contribution is 5.75. The van der Waals surface area contributed by atoms with Crippen LogP contribution >= 0.6 is 0 Å². The van der Waals surface area contributed by atoms with Gasteiger partial charge >= 0.3 is 5.97 Å². The van der Waals surface area contributed by atoms with E-state index in [1.54, 1.807) is 14.2 Å². The molecule has 1 aliphatic heterocycles. The lowest BCUT2D eigenvalue weighted by Crippen LogP contribution is -2.50. The lowest BCUT2D eigenvalue weighted by molar-refractivity contribution is -0.153. The van der Waals surface area contributed by atoms with Crippen LogP contribution in [0.25, 0.3) is 0 Å². The Morgan fingerprint density at radius 1 is 1.10 bits per heavy atom. The van der Waals surface area contributed by atoms with Gasteiger partial charge in [0.15, 0.2) is 0 Å². The standard InChI is InChI=1S/C25H33NO4/c1-5-30-25(27)24-18(2)26(16-14-22(24)19-9-7-6-8-10-19)15-13-20-17-21(28-3)11-12-23(20)29-4/h6-12,17-18,22,24H,5,13-16H2,1-4H3/t18-,22+,24+/m1/s1. The van der Waals surface area contributed by atoms with Crippen molar-refractivity contribution in [3.63, 3.8) is 0 Å². The third kappa shape index (κ3) is 4.96. The van der Waals surface area contributed by atoms with Crippen LogP contribution in [-0.4, -0.2) is 50.8 Å². The molecule has 0 radical (unpaired) electrons. The molecule has 1 heterocycles. The molecule has 1 saturated heterocycles. The SMILES string of the molecule is CCOC(=O)[C@H]1[C@@H](C)N(CCc2cc(OC)ccc2OC)CC[C@H]1c1ccccc1. The van der Waals surface area contributed by atoms with Crippen LogP contribution in [0.3, 0.4) is 0 Å². The lowest BCUT2D eigenvalue weighted by atomic mass is 9.76. The largest absolute Gasteiger partial charge is 0.497 e. The fraction of sp³-hybridized carbons (Fsp3) is 0.480. The van der Waals surface area contributed by atoms with Crippen molar-refractivity contribution in [2.75, 3.05) is 33.9 Å². The maximum absolute atomic E-state index is 12.9. The van der Waals surface area contributed by atoms with E-state index < -0.39 is 0 Å². The van der Waals surface area contributed by atoms with Crippen LogP contribution in [0, 0.1) is 5.92 Å². The highest BCUT2D eigenvalue weighted by atomic mass is 16.5. The molecule has 0 N–H and O–H groups in total. The summed E-state index contributed by atoms with van der Waals surface area (Å²) in [5.41, 5.74) is 2.33. The topological polar surface area (TPSA) is 48.0 Å². The van der Waals surface area contributed by atoms with Gasteiger partial charge in [-0.15, -0.1) is 0 Å². The summed E-state index contributed by atoms with van der Waals surface area (Å²) < 4.78 is 16.4. The van der Waals surface area contributed by atoms with Crippen LogP contribution in [0.5, 0.6) is 11.5 Å². The van der Waals surface area contributed by atoms with Gasteiger partial charge in [-0.05, 0) is 68.5 Å². The number of likely N-dealkylation sites (tertiary alicyclic amines) is 1. The second kappa shape index (κ2) is 10.5. The third-order valence-corrected chi connectivity index (χ3v) is 6.20. The molecule has 0 bridgehead atoms. The van der Waals surface area contributed by atoms with Gasteiger partial charge in [0.2, 0.25) is 0 Å². The van der Waals surface area contributed by atoms with Crippen molar-refractivity contribution in [1.29, 1.82) is 0 Å². The average molecular weight is 412 g/mol. The Morgan fingerprint density at radius 2 is 1.87 bits per heavy atom. The minimum atomic E-state index is -0.173. The number of nitrogens with zero attached hydrogens (tertiary/aromatic N) is 1. The van der Waals surface area contributed by atoms with Crippen LogP contribution in [0.1, 0.15) is 37.3 Å². The van der Waals surface area contributed by atoms with Crippen molar-refractivity contribution in [3.8, 4) is 11.5 Å². The quantitative estimate of drug-likeness (QED) is 0.606. The number of hydrogen-bond acceptors (Lipinski definition) is 5. The summed E-state index contributed by atoms with van der Waals surface area (Å²) in [5.74, 6) is 1.61. The molecule has 0 aromatic heterocycles. The molecular weight excluding hydrogens is 378 g/mol.